The molecule has 3 aliphatic rings. The number of benzene rings is 1. The molecule has 42 heavy (non-hydrogen) atoms. The lowest BCUT2D eigenvalue weighted by Gasteiger charge is -2.34. The van der Waals surface area contributed by atoms with E-state index in [1.165, 1.54) is 4.90 Å². The van der Waals surface area contributed by atoms with Crippen molar-refractivity contribution in [2.75, 3.05) is 20.1 Å². The second kappa shape index (κ2) is 14.2. The Labute approximate surface area is 253 Å². The number of nitrogens with zero attached hydrogens (tertiary/aromatic N) is 2. The van der Waals surface area contributed by atoms with E-state index in [1.54, 1.807) is 36.2 Å². The van der Waals surface area contributed by atoms with Crippen LogP contribution in [-0.4, -0.2) is 76.8 Å². The zero-order valence-electron chi connectivity index (χ0n) is 24.6. The average molecular weight is 595 g/mol. The maximum atomic E-state index is 13.9. The number of likely N-dealkylation sites (tertiary alicyclic amines) is 1. The molecule has 4 rings (SSSR count). The fourth-order valence-corrected chi connectivity index (χ4v) is 6.53. The van der Waals surface area contributed by atoms with Crippen LogP contribution in [0.25, 0.3) is 0 Å². The molecule has 226 valence electrons. The molecule has 1 aliphatic carbocycles. The number of allylic oxidation sites excluding steroid dienone is 4. The van der Waals surface area contributed by atoms with Crippen LogP contribution in [0.4, 0.5) is 0 Å². The minimum atomic E-state index is -0.761. The molecule has 1 saturated heterocycles. The van der Waals surface area contributed by atoms with Gasteiger partial charge in [-0.05, 0) is 62.0 Å². The second-order valence-electron chi connectivity index (χ2n) is 11.7. The fourth-order valence-electron chi connectivity index (χ4n) is 6.27. The molecule has 1 aromatic rings. The maximum Gasteiger partial charge on any atom is 0.261 e. The fraction of sp³-hybridized carbons (Fsp3) is 0.531. The topological polar surface area (TPSA) is 116 Å². The molecular weight excluding hydrogens is 552 g/mol. The van der Waals surface area contributed by atoms with E-state index in [1.807, 2.05) is 26.0 Å². The lowest BCUT2D eigenvalue weighted by Crippen LogP contribution is -2.57. The van der Waals surface area contributed by atoms with Crippen LogP contribution < -0.4 is 10.6 Å². The van der Waals surface area contributed by atoms with Gasteiger partial charge in [-0.25, -0.2) is 0 Å². The molecule has 9 nitrogen and oxygen atoms in total. The van der Waals surface area contributed by atoms with Crippen molar-refractivity contribution in [2.45, 2.75) is 69.7 Å². The number of hydrogen-bond acceptors (Lipinski definition) is 6. The van der Waals surface area contributed by atoms with Crippen molar-refractivity contribution in [1.82, 2.24) is 20.4 Å². The third-order valence-electron chi connectivity index (χ3n) is 8.57. The van der Waals surface area contributed by atoms with Crippen molar-refractivity contribution in [2.24, 2.45) is 17.8 Å². The lowest BCUT2D eigenvalue weighted by atomic mass is 9.81. The van der Waals surface area contributed by atoms with Crippen LogP contribution in [0.1, 0.15) is 73.1 Å². The number of likely N-dealkylation sites (N-methyl/N-ethyl adjacent to an activating group) is 1. The van der Waals surface area contributed by atoms with E-state index < -0.39 is 17.3 Å². The third-order valence-corrected chi connectivity index (χ3v) is 9.06. The molecule has 0 aromatic heterocycles. The number of thiol groups is 1. The smallest absolute Gasteiger partial charge is 0.261 e. The van der Waals surface area contributed by atoms with Gasteiger partial charge in [0.1, 0.15) is 12.1 Å². The van der Waals surface area contributed by atoms with Crippen molar-refractivity contribution >= 4 is 42.2 Å². The Balaban J connectivity index is 1.37. The minimum Gasteiger partial charge on any atom is -0.357 e. The molecule has 3 unspecified atom stereocenters. The van der Waals surface area contributed by atoms with Gasteiger partial charge < -0.3 is 15.5 Å². The van der Waals surface area contributed by atoms with E-state index in [-0.39, 0.29) is 53.8 Å². The number of amides is 5. The number of fused-ring (bicyclic) bond motifs is 1. The lowest BCUT2D eigenvalue weighted by molar-refractivity contribution is -0.144. The molecular formula is C32H42N4O5S. The monoisotopic (exact) mass is 594 g/mol. The predicted molar refractivity (Wildman–Crippen MR) is 164 cm³/mol. The first-order chi connectivity index (χ1) is 20.1. The van der Waals surface area contributed by atoms with E-state index in [4.69, 9.17) is 0 Å². The van der Waals surface area contributed by atoms with E-state index in [9.17, 15) is 24.0 Å². The number of hydrogen-bond donors (Lipinski definition) is 3. The molecule has 0 spiro atoms. The normalized spacial score (nSPS) is 23.5. The van der Waals surface area contributed by atoms with E-state index in [2.05, 4.69) is 35.4 Å². The van der Waals surface area contributed by atoms with Gasteiger partial charge in [0.25, 0.3) is 11.8 Å². The second-order valence-corrected chi connectivity index (χ2v) is 12.3. The highest BCUT2D eigenvalue weighted by Crippen LogP contribution is 2.32. The predicted octanol–water partition coefficient (Wildman–Crippen LogP) is 3.38. The summed E-state index contributed by atoms with van der Waals surface area (Å²) in [5, 5.41) is 5.00. The Hall–Kier alpha value is -3.40. The Morgan fingerprint density at radius 2 is 1.71 bits per heavy atom. The number of imide groups is 1. The van der Waals surface area contributed by atoms with Crippen molar-refractivity contribution in [1.29, 1.82) is 0 Å². The molecule has 0 bridgehead atoms. The van der Waals surface area contributed by atoms with Crippen LogP contribution in [0.15, 0.2) is 48.6 Å². The largest absolute Gasteiger partial charge is 0.357 e. The zero-order chi connectivity index (χ0) is 30.4. The summed E-state index contributed by atoms with van der Waals surface area (Å²) in [5.74, 6) is -1.04. The summed E-state index contributed by atoms with van der Waals surface area (Å²) in [6.07, 6.45) is 12.0. The standard InChI is InChI=1S/C32H42N4O5S/c1-20(2)27(29(38)33-3)35-18-16-22(21-11-5-4-6-12-21)19-25(32(35)41)34-28(37)26(42)15-9-10-17-36-30(39)23-13-7-8-14-24(23)31(36)40/h4-8,11,13-14,20-22,25-27,42H,9-10,12,15-19H2,1-3H3,(H,33,38)(H,34,37)/t21?,22-,25?,26?,27+/m1/s1. The highest BCUT2D eigenvalue weighted by molar-refractivity contribution is 7.81. The van der Waals surface area contributed by atoms with Gasteiger partial charge in [0, 0.05) is 20.1 Å². The highest BCUT2D eigenvalue weighted by atomic mass is 32.1. The molecule has 1 fully saturated rings. The van der Waals surface area contributed by atoms with Crippen LogP contribution in [-0.2, 0) is 14.4 Å². The number of rotatable bonds is 11. The number of nitrogens with one attached hydrogen (secondary N) is 2. The van der Waals surface area contributed by atoms with Gasteiger partial charge in [0.15, 0.2) is 0 Å². The molecule has 0 saturated carbocycles. The summed E-state index contributed by atoms with van der Waals surface area (Å²) < 4.78 is 0. The van der Waals surface area contributed by atoms with Crippen LogP contribution in [0, 0.1) is 17.8 Å². The Morgan fingerprint density at radius 1 is 1.02 bits per heavy atom. The molecule has 1 aromatic carbocycles. The summed E-state index contributed by atoms with van der Waals surface area (Å²) in [6.45, 7) is 4.56. The van der Waals surface area contributed by atoms with E-state index >= 15 is 0 Å². The molecule has 2 N–H and O–H groups in total. The van der Waals surface area contributed by atoms with Crippen molar-refractivity contribution in [3.05, 3.63) is 59.7 Å². The minimum absolute atomic E-state index is 0.0981. The molecule has 0 radical (unpaired) electrons. The summed E-state index contributed by atoms with van der Waals surface area (Å²) in [4.78, 5) is 68.0. The van der Waals surface area contributed by atoms with Gasteiger partial charge in [-0.2, -0.15) is 12.6 Å². The van der Waals surface area contributed by atoms with Crippen molar-refractivity contribution in [3.63, 3.8) is 0 Å². The number of carbonyl (C=O) groups is 5. The maximum absolute atomic E-state index is 13.9. The van der Waals surface area contributed by atoms with Gasteiger partial charge in [0.05, 0.1) is 16.4 Å². The zero-order valence-corrected chi connectivity index (χ0v) is 25.5. The Kier molecular flexibility index (Phi) is 10.6. The van der Waals surface area contributed by atoms with Gasteiger partial charge in [-0.1, -0.05) is 56.7 Å². The van der Waals surface area contributed by atoms with Crippen molar-refractivity contribution in [3.8, 4) is 0 Å². The molecule has 10 heteroatoms. The number of unbranched alkanes of at least 4 members (excludes halogenated alkanes) is 1. The average Bonchev–Trinajstić information content (AvgIpc) is 3.12. The molecule has 2 aliphatic heterocycles. The summed E-state index contributed by atoms with van der Waals surface area (Å²) in [6, 6.07) is 5.40. The third kappa shape index (κ3) is 6.97. The SMILES string of the molecule is CNC(=O)[C@H](C(C)C)N1CC[C@@H](C2C=CC=CC2)CC(NC(=O)C(S)CCCCN2C(=O)c3ccccc3C2=O)C1=O. The van der Waals surface area contributed by atoms with Gasteiger partial charge in [-0.3, -0.25) is 28.9 Å². The quantitative estimate of drug-likeness (QED) is 0.206. The first-order valence-electron chi connectivity index (χ1n) is 14.9. The Bertz CT molecular complexity index is 1230. The number of carbonyl (C=O) groups excluding carboxylic acids is 5. The van der Waals surface area contributed by atoms with Crippen LogP contribution in [0.3, 0.4) is 0 Å². The Morgan fingerprint density at radius 3 is 2.31 bits per heavy atom. The summed E-state index contributed by atoms with van der Waals surface area (Å²) in [5.41, 5.74) is 0.843. The van der Waals surface area contributed by atoms with E-state index in [0.29, 0.717) is 43.4 Å². The molecule has 5 amide bonds. The van der Waals surface area contributed by atoms with E-state index in [0.717, 1.165) is 12.8 Å². The summed E-state index contributed by atoms with van der Waals surface area (Å²) >= 11 is 4.54. The highest BCUT2D eigenvalue weighted by Gasteiger charge is 2.41. The molecule has 5 atom stereocenters. The van der Waals surface area contributed by atoms with Crippen molar-refractivity contribution < 1.29 is 24.0 Å². The first-order valence-corrected chi connectivity index (χ1v) is 15.4. The first kappa shape index (κ1) is 31.5. The van der Waals surface area contributed by atoms with Crippen LogP contribution >= 0.6 is 12.6 Å². The molecule has 2 heterocycles. The van der Waals surface area contributed by atoms with Crippen LogP contribution in [0.5, 0.6) is 0 Å². The van der Waals surface area contributed by atoms with Crippen LogP contribution in [0.2, 0.25) is 0 Å². The summed E-state index contributed by atoms with van der Waals surface area (Å²) in [7, 11) is 1.57. The van der Waals surface area contributed by atoms with Gasteiger partial charge in [0.2, 0.25) is 17.7 Å². The van der Waals surface area contributed by atoms with Gasteiger partial charge >= 0.3 is 0 Å². The van der Waals surface area contributed by atoms with Gasteiger partial charge in [-0.15, -0.1) is 0 Å².